The lowest BCUT2D eigenvalue weighted by Crippen LogP contribution is -2.49. The summed E-state index contributed by atoms with van der Waals surface area (Å²) in [5.74, 6) is -6.61. The summed E-state index contributed by atoms with van der Waals surface area (Å²) in [5.41, 5.74) is 2.12. The summed E-state index contributed by atoms with van der Waals surface area (Å²) in [7, 11) is 1.69. The summed E-state index contributed by atoms with van der Waals surface area (Å²) in [6.45, 7) is 5.53. The number of anilines is 2. The second-order valence-electron chi connectivity index (χ2n) is 15.2. The van der Waals surface area contributed by atoms with E-state index in [-0.39, 0.29) is 29.8 Å². The third kappa shape index (κ3) is 4.86. The first kappa shape index (κ1) is 35.1. The predicted molar refractivity (Wildman–Crippen MR) is 207 cm³/mol. The van der Waals surface area contributed by atoms with E-state index in [0.717, 1.165) is 31.0 Å². The number of aromatic carboxylic acids is 1. The second kappa shape index (κ2) is 12.2. The number of carboxylic acids is 1. The Hall–Kier alpha value is -5.59. The van der Waals surface area contributed by atoms with Crippen LogP contribution in [0.1, 0.15) is 52.7 Å². The van der Waals surface area contributed by atoms with Crippen molar-refractivity contribution in [3.05, 3.63) is 106 Å². The lowest BCUT2D eigenvalue weighted by atomic mass is 9.51. The number of benzene rings is 3. The van der Waals surface area contributed by atoms with E-state index in [9.17, 15) is 29.4 Å². The Labute approximate surface area is 324 Å². The number of phenolic OH excluding ortho intramolecular Hbond substituents is 1. The van der Waals surface area contributed by atoms with E-state index in [4.69, 9.17) is 16.7 Å². The number of carboxylic acid groups (broad SMARTS) is 1. The number of halogens is 1. The minimum Gasteiger partial charge on any atom is -0.507 e. The monoisotopic (exact) mass is 774 g/mol. The zero-order valence-corrected chi connectivity index (χ0v) is 31.8. The van der Waals surface area contributed by atoms with E-state index in [2.05, 4.69) is 0 Å². The number of nitrogens with zero attached hydrogens (tertiary/aromatic N) is 4. The average Bonchev–Trinajstić information content (AvgIpc) is 3.83. The van der Waals surface area contributed by atoms with Crippen LogP contribution in [0.15, 0.2) is 78.4 Å². The van der Waals surface area contributed by atoms with Crippen molar-refractivity contribution in [3.8, 4) is 16.3 Å². The zero-order valence-electron chi connectivity index (χ0n) is 30.2. The number of aromatic hydroxyl groups is 1. The van der Waals surface area contributed by atoms with E-state index < -0.39 is 64.6 Å². The summed E-state index contributed by atoms with van der Waals surface area (Å²) in [5, 5.41) is 27.6. The summed E-state index contributed by atoms with van der Waals surface area (Å²) in [6, 6.07) is 18.5. The average molecular weight is 775 g/mol. The maximum Gasteiger partial charge on any atom is 0.335 e. The van der Waals surface area contributed by atoms with Crippen molar-refractivity contribution in [1.82, 2.24) is 9.78 Å². The van der Waals surface area contributed by atoms with Crippen molar-refractivity contribution in [2.45, 2.75) is 39.5 Å². The van der Waals surface area contributed by atoms with E-state index in [1.165, 1.54) is 33.8 Å². The van der Waals surface area contributed by atoms with Crippen molar-refractivity contribution in [3.63, 3.8) is 0 Å². The van der Waals surface area contributed by atoms with Crippen LogP contribution < -0.4 is 9.80 Å². The number of aryl methyl sites for hydroxylation is 3. The molecule has 0 radical (unpaired) electrons. The van der Waals surface area contributed by atoms with E-state index in [0.29, 0.717) is 27.7 Å². The van der Waals surface area contributed by atoms with Crippen molar-refractivity contribution in [2.75, 3.05) is 9.80 Å². The number of amides is 4. The molecule has 2 N–H and O–H groups in total. The highest BCUT2D eigenvalue weighted by Gasteiger charge is 2.68. The van der Waals surface area contributed by atoms with Gasteiger partial charge in [-0.15, -0.1) is 11.3 Å². The molecule has 278 valence electrons. The molecule has 4 aliphatic rings. The Morgan fingerprint density at radius 1 is 0.945 bits per heavy atom. The largest absolute Gasteiger partial charge is 0.507 e. The molecule has 6 atom stereocenters. The molecule has 3 fully saturated rings. The van der Waals surface area contributed by atoms with Gasteiger partial charge in [0, 0.05) is 34.3 Å². The molecule has 4 heterocycles. The fourth-order valence-corrected chi connectivity index (χ4v) is 11.1. The molecule has 3 aromatic carbocycles. The molecule has 1 saturated carbocycles. The van der Waals surface area contributed by atoms with E-state index >= 15 is 4.79 Å². The number of aromatic nitrogens is 2. The minimum atomic E-state index is -1.37. The third-order valence-corrected chi connectivity index (χ3v) is 14.0. The Kier molecular flexibility index (Phi) is 7.80. The highest BCUT2D eigenvalue weighted by atomic mass is 35.5. The van der Waals surface area contributed by atoms with E-state index in [1.807, 2.05) is 31.2 Å². The second-order valence-corrected chi connectivity index (χ2v) is 16.7. The molecular formula is C42H35ClN4O7S. The van der Waals surface area contributed by atoms with Crippen molar-refractivity contribution in [1.29, 1.82) is 0 Å². The molecule has 2 aliphatic carbocycles. The molecule has 2 aromatic heterocycles. The van der Waals surface area contributed by atoms with Gasteiger partial charge in [0.05, 0.1) is 39.3 Å². The maximum absolute atomic E-state index is 15.1. The summed E-state index contributed by atoms with van der Waals surface area (Å²) >= 11 is 7.85. The fraction of sp³-hybridized carbons (Fsp3) is 0.286. The maximum atomic E-state index is 15.1. The van der Waals surface area contributed by atoms with Gasteiger partial charge in [0.1, 0.15) is 17.3 Å². The lowest BCUT2D eigenvalue weighted by Gasteiger charge is -2.49. The molecule has 11 nitrogen and oxygen atoms in total. The summed E-state index contributed by atoms with van der Waals surface area (Å²) in [4.78, 5) is 73.4. The van der Waals surface area contributed by atoms with Crippen LogP contribution in [0.25, 0.3) is 20.7 Å². The van der Waals surface area contributed by atoms with Crippen LogP contribution >= 0.6 is 22.9 Å². The number of para-hydroxylation sites is 1. The first-order valence-electron chi connectivity index (χ1n) is 18.0. The van der Waals surface area contributed by atoms with Crippen LogP contribution in [0, 0.1) is 42.9 Å². The normalized spacial score (nSPS) is 26.1. The first-order valence-corrected chi connectivity index (χ1v) is 19.2. The Balaban J connectivity index is 1.15. The Morgan fingerprint density at radius 3 is 2.47 bits per heavy atom. The Morgan fingerprint density at radius 2 is 1.71 bits per heavy atom. The van der Waals surface area contributed by atoms with E-state index in [1.54, 1.807) is 56.5 Å². The molecule has 6 unspecified atom stereocenters. The molecule has 2 aliphatic heterocycles. The standard InChI is InChI=1S/C42H35ClN4O7S/c1-19-7-5-10-26(35(19)48)34-24-12-13-25-33(39(51)46(37(25)49)23-9-6-8-21(15-23)40(52)53)28(24)17-29-38(50)47(41(54)42(29,34)3)32-18-30(44-45(32)4)36-20(2)27-16-22(43)11-14-31(27)55-36/h5-12,14-16,18,25,28-29,33-34,48H,13,17H2,1-4H3,(H,52,53). The molecule has 5 aromatic rings. The molecule has 4 amide bonds. The van der Waals surface area contributed by atoms with Gasteiger partial charge in [-0.3, -0.25) is 28.8 Å². The van der Waals surface area contributed by atoms with Crippen LogP contribution in [-0.4, -0.2) is 49.6 Å². The molecule has 9 rings (SSSR count). The topological polar surface area (TPSA) is 150 Å². The number of fused-ring (bicyclic) bond motifs is 5. The lowest BCUT2D eigenvalue weighted by molar-refractivity contribution is -0.131. The van der Waals surface area contributed by atoms with Crippen LogP contribution in [0.3, 0.4) is 0 Å². The quantitative estimate of drug-likeness (QED) is 0.139. The summed E-state index contributed by atoms with van der Waals surface area (Å²) < 4.78 is 2.56. The van der Waals surface area contributed by atoms with Crippen LogP contribution in [0.5, 0.6) is 5.75 Å². The van der Waals surface area contributed by atoms with Gasteiger partial charge in [-0.25, -0.2) is 9.69 Å². The third-order valence-electron chi connectivity index (χ3n) is 12.4. The highest BCUT2D eigenvalue weighted by Crippen LogP contribution is 2.64. The predicted octanol–water partition coefficient (Wildman–Crippen LogP) is 7.41. The number of thiophene rings is 1. The van der Waals surface area contributed by atoms with Gasteiger partial charge in [0.15, 0.2) is 0 Å². The van der Waals surface area contributed by atoms with Gasteiger partial charge in [-0.1, -0.05) is 47.5 Å². The number of phenols is 1. The highest BCUT2D eigenvalue weighted by molar-refractivity contribution is 7.22. The first-order chi connectivity index (χ1) is 26.2. The van der Waals surface area contributed by atoms with Crippen molar-refractivity contribution < 1.29 is 34.2 Å². The van der Waals surface area contributed by atoms with Gasteiger partial charge < -0.3 is 10.2 Å². The molecule has 0 spiro atoms. The molecule has 0 bridgehead atoms. The van der Waals surface area contributed by atoms with Gasteiger partial charge in [-0.2, -0.15) is 5.10 Å². The number of carbonyl (C=O) groups is 5. The smallest absolute Gasteiger partial charge is 0.335 e. The number of imide groups is 2. The van der Waals surface area contributed by atoms with Crippen LogP contribution in [0.4, 0.5) is 11.5 Å². The number of hydrogen-bond acceptors (Lipinski definition) is 8. The van der Waals surface area contributed by atoms with Gasteiger partial charge in [0.25, 0.3) is 0 Å². The number of carbonyl (C=O) groups excluding carboxylic acids is 4. The van der Waals surface area contributed by atoms with Crippen LogP contribution in [-0.2, 0) is 26.2 Å². The van der Waals surface area contributed by atoms with Crippen molar-refractivity contribution in [2.24, 2.45) is 36.1 Å². The number of rotatable bonds is 5. The molecule has 13 heteroatoms. The number of hydrogen-bond donors (Lipinski definition) is 2. The summed E-state index contributed by atoms with van der Waals surface area (Å²) in [6.07, 6.45) is 2.24. The number of allylic oxidation sites excluding steroid dienone is 2. The molecule has 2 saturated heterocycles. The van der Waals surface area contributed by atoms with Gasteiger partial charge in [-0.05, 0) is 92.4 Å². The van der Waals surface area contributed by atoms with Crippen molar-refractivity contribution >= 4 is 74.1 Å². The molecule has 55 heavy (non-hydrogen) atoms. The fourth-order valence-electron chi connectivity index (χ4n) is 9.74. The zero-order chi connectivity index (χ0) is 38.8. The van der Waals surface area contributed by atoms with Crippen LogP contribution in [0.2, 0.25) is 5.02 Å². The minimum absolute atomic E-state index is 0.000978. The van der Waals surface area contributed by atoms with Gasteiger partial charge in [0.2, 0.25) is 23.6 Å². The molecular weight excluding hydrogens is 740 g/mol. The Bertz CT molecular complexity index is 2610. The van der Waals surface area contributed by atoms with Gasteiger partial charge >= 0.3 is 5.97 Å². The SMILES string of the molecule is Cc1cccc(C2C3=CCC4C(=O)N(c5cccc(C(=O)O)c5)C(=O)C4C3CC3C(=O)N(c4cc(-c5sc6ccc(Cl)cc6c5C)nn4C)C(=O)C32C)c1O.